The molecule has 0 unspecified atom stereocenters. The summed E-state index contributed by atoms with van der Waals surface area (Å²) in [5.41, 5.74) is 1.09. The average molecular weight is 347 g/mol. The van der Waals surface area contributed by atoms with Crippen molar-refractivity contribution < 1.29 is 9.59 Å². The normalized spacial score (nSPS) is 13.9. The summed E-state index contributed by atoms with van der Waals surface area (Å²) in [4.78, 5) is 40.7. The summed E-state index contributed by atoms with van der Waals surface area (Å²) in [5, 5.41) is 5.79. The minimum Gasteiger partial charge on any atom is -0.308 e. The number of nitrogens with zero attached hydrogens (tertiary/aromatic N) is 3. The van der Waals surface area contributed by atoms with Crippen LogP contribution in [0.5, 0.6) is 0 Å². The average Bonchev–Trinajstić information content (AvgIpc) is 2.63. The minimum atomic E-state index is -0.373. The van der Waals surface area contributed by atoms with Gasteiger partial charge in [-0.15, -0.1) is 4.91 Å². The topological polar surface area (TPSA) is 70.0 Å². The van der Waals surface area contributed by atoms with Gasteiger partial charge in [0.2, 0.25) is 0 Å². The van der Waals surface area contributed by atoms with E-state index in [0.29, 0.717) is 28.4 Å². The van der Waals surface area contributed by atoms with Gasteiger partial charge in [-0.05, 0) is 48.2 Å². The van der Waals surface area contributed by atoms with E-state index in [1.54, 1.807) is 18.2 Å². The first-order valence-corrected chi connectivity index (χ1v) is 8.35. The fraction of sp³-hybridized carbons (Fsp3) is 0.200. The maximum Gasteiger partial charge on any atom is 0.262 e. The van der Waals surface area contributed by atoms with Crippen LogP contribution in [-0.4, -0.2) is 48.8 Å². The van der Waals surface area contributed by atoms with E-state index in [0.717, 1.165) is 10.8 Å². The molecule has 0 radical (unpaired) electrons. The second-order valence-corrected chi connectivity index (χ2v) is 6.69. The molecule has 0 bridgehead atoms. The monoisotopic (exact) mass is 347 g/mol. The zero-order valence-corrected chi connectivity index (χ0v) is 14.5. The standard InChI is InChI=1S/C20H17N3O3/c1-22(2)9-10-23-19(24)14-7-3-5-12-11-13-6-4-8-15(21-26)17(13)18(16(12)14)20(23)25/h3-8,11H,9-10H2,1-2H3. The van der Waals surface area contributed by atoms with Crippen LogP contribution in [0.4, 0.5) is 5.69 Å². The van der Waals surface area contributed by atoms with Gasteiger partial charge in [0.05, 0.1) is 5.56 Å². The molecule has 0 atom stereocenters. The Bertz CT molecular complexity index is 1060. The second-order valence-electron chi connectivity index (χ2n) is 6.69. The Morgan fingerprint density at radius 3 is 2.35 bits per heavy atom. The van der Waals surface area contributed by atoms with E-state index in [2.05, 4.69) is 5.18 Å². The van der Waals surface area contributed by atoms with Crippen molar-refractivity contribution in [2.24, 2.45) is 5.18 Å². The summed E-state index contributed by atoms with van der Waals surface area (Å²) in [7, 11) is 3.77. The molecule has 0 spiro atoms. The van der Waals surface area contributed by atoms with Crippen molar-refractivity contribution in [3.63, 3.8) is 0 Å². The van der Waals surface area contributed by atoms with E-state index in [1.165, 1.54) is 4.90 Å². The highest BCUT2D eigenvalue weighted by Crippen LogP contribution is 2.39. The maximum atomic E-state index is 13.3. The van der Waals surface area contributed by atoms with E-state index in [4.69, 9.17) is 0 Å². The number of carbonyl (C=O) groups is 2. The fourth-order valence-corrected chi connectivity index (χ4v) is 3.56. The van der Waals surface area contributed by atoms with Crippen molar-refractivity contribution in [1.29, 1.82) is 0 Å². The summed E-state index contributed by atoms with van der Waals surface area (Å²) in [6.07, 6.45) is 0. The number of carbonyl (C=O) groups excluding carboxylic acids is 2. The Morgan fingerprint density at radius 1 is 0.962 bits per heavy atom. The number of imide groups is 1. The zero-order chi connectivity index (χ0) is 18.4. The number of nitroso groups, excluding NO2 is 1. The van der Waals surface area contributed by atoms with Crippen molar-refractivity contribution in [1.82, 2.24) is 9.80 Å². The highest BCUT2D eigenvalue weighted by atomic mass is 16.3. The lowest BCUT2D eigenvalue weighted by Crippen LogP contribution is -2.43. The van der Waals surface area contributed by atoms with Crippen LogP contribution in [-0.2, 0) is 0 Å². The van der Waals surface area contributed by atoms with Gasteiger partial charge in [-0.2, -0.15) is 0 Å². The largest absolute Gasteiger partial charge is 0.308 e. The molecule has 2 amide bonds. The van der Waals surface area contributed by atoms with E-state index < -0.39 is 0 Å². The molecule has 0 aromatic heterocycles. The van der Waals surface area contributed by atoms with E-state index >= 15 is 0 Å². The Hall–Kier alpha value is -3.12. The molecule has 26 heavy (non-hydrogen) atoms. The van der Waals surface area contributed by atoms with Crippen molar-refractivity contribution in [3.05, 3.63) is 58.5 Å². The van der Waals surface area contributed by atoms with E-state index in [9.17, 15) is 14.5 Å². The van der Waals surface area contributed by atoms with Gasteiger partial charge in [0, 0.05) is 29.4 Å². The molecule has 0 saturated heterocycles. The third-order valence-corrected chi connectivity index (χ3v) is 4.79. The lowest BCUT2D eigenvalue weighted by Gasteiger charge is -2.29. The van der Waals surface area contributed by atoms with Gasteiger partial charge >= 0.3 is 0 Å². The van der Waals surface area contributed by atoms with Crippen molar-refractivity contribution >= 4 is 39.0 Å². The number of likely N-dealkylation sites (N-methyl/N-ethyl adjacent to an activating group) is 1. The Kier molecular flexibility index (Phi) is 3.77. The van der Waals surface area contributed by atoms with Gasteiger partial charge < -0.3 is 4.90 Å². The fourth-order valence-electron chi connectivity index (χ4n) is 3.56. The number of hydrogen-bond donors (Lipinski definition) is 0. The van der Waals surface area contributed by atoms with Crippen LogP contribution in [0, 0.1) is 4.91 Å². The molecule has 0 N–H and O–H groups in total. The molecule has 3 aromatic rings. The smallest absolute Gasteiger partial charge is 0.262 e. The Labute approximate surface area is 150 Å². The maximum absolute atomic E-state index is 13.3. The summed E-state index contributed by atoms with van der Waals surface area (Å²) >= 11 is 0. The van der Waals surface area contributed by atoms with Crippen LogP contribution >= 0.6 is 0 Å². The molecule has 3 aromatic carbocycles. The lowest BCUT2D eigenvalue weighted by atomic mass is 9.89. The number of amides is 2. The molecule has 6 heteroatoms. The molecule has 130 valence electrons. The molecule has 1 aliphatic heterocycles. The Morgan fingerprint density at radius 2 is 1.65 bits per heavy atom. The molecule has 1 heterocycles. The van der Waals surface area contributed by atoms with Crippen molar-refractivity contribution in [2.45, 2.75) is 0 Å². The van der Waals surface area contributed by atoms with Crippen LogP contribution < -0.4 is 0 Å². The van der Waals surface area contributed by atoms with Gasteiger partial charge in [-0.3, -0.25) is 14.5 Å². The summed E-state index contributed by atoms with van der Waals surface area (Å²) < 4.78 is 0. The number of rotatable bonds is 4. The summed E-state index contributed by atoms with van der Waals surface area (Å²) in [6.45, 7) is 0.847. The van der Waals surface area contributed by atoms with Gasteiger partial charge in [-0.1, -0.05) is 24.3 Å². The first-order valence-electron chi connectivity index (χ1n) is 8.35. The number of benzene rings is 3. The molecule has 0 fully saturated rings. The third kappa shape index (κ3) is 2.30. The van der Waals surface area contributed by atoms with Gasteiger partial charge in [0.25, 0.3) is 11.8 Å². The minimum absolute atomic E-state index is 0.212. The van der Waals surface area contributed by atoms with Crippen LogP contribution in [0.3, 0.4) is 0 Å². The molecular formula is C20H17N3O3. The number of fused-ring (bicyclic) bond motifs is 2. The predicted octanol–water partition coefficient (Wildman–Crippen LogP) is 3.55. The number of hydrogen-bond acceptors (Lipinski definition) is 5. The van der Waals surface area contributed by atoms with E-state index in [1.807, 2.05) is 43.3 Å². The zero-order valence-electron chi connectivity index (χ0n) is 14.5. The van der Waals surface area contributed by atoms with Crippen LogP contribution in [0.1, 0.15) is 20.7 Å². The molecule has 6 nitrogen and oxygen atoms in total. The first-order chi connectivity index (χ1) is 12.5. The second kappa shape index (κ2) is 6.00. The molecular weight excluding hydrogens is 330 g/mol. The van der Waals surface area contributed by atoms with Gasteiger partial charge in [0.15, 0.2) is 0 Å². The lowest BCUT2D eigenvalue weighted by molar-refractivity contribution is 0.0602. The van der Waals surface area contributed by atoms with E-state index in [-0.39, 0.29) is 24.0 Å². The first kappa shape index (κ1) is 16.4. The van der Waals surface area contributed by atoms with Gasteiger partial charge in [0.1, 0.15) is 5.69 Å². The van der Waals surface area contributed by atoms with Crippen LogP contribution in [0.25, 0.3) is 21.5 Å². The van der Waals surface area contributed by atoms with Crippen molar-refractivity contribution in [3.8, 4) is 0 Å². The van der Waals surface area contributed by atoms with Crippen molar-refractivity contribution in [2.75, 3.05) is 27.2 Å². The van der Waals surface area contributed by atoms with Gasteiger partial charge in [-0.25, -0.2) is 0 Å². The summed E-state index contributed by atoms with van der Waals surface area (Å²) in [5.74, 6) is -0.673. The quantitative estimate of drug-likeness (QED) is 0.411. The highest BCUT2D eigenvalue weighted by Gasteiger charge is 2.34. The predicted molar refractivity (Wildman–Crippen MR) is 101 cm³/mol. The van der Waals surface area contributed by atoms with Crippen LogP contribution in [0.15, 0.2) is 47.6 Å². The molecule has 4 rings (SSSR count). The summed E-state index contributed by atoms with van der Waals surface area (Å²) in [6, 6.07) is 12.5. The molecule has 0 saturated carbocycles. The molecule has 0 aliphatic carbocycles. The molecule has 1 aliphatic rings. The highest BCUT2D eigenvalue weighted by molar-refractivity contribution is 6.31. The Balaban J connectivity index is 2.08. The van der Waals surface area contributed by atoms with Crippen LogP contribution in [0.2, 0.25) is 0 Å². The SMILES string of the molecule is CN(C)CCN1C(=O)c2cccc3cc4cccc(N=O)c4c(c23)C1=O. The third-order valence-electron chi connectivity index (χ3n) is 4.79.